The molecule has 7 nitrogen and oxygen atoms in total. The standard InChI is InChI=1S/C22H21ClN4O3/c1-13-8-9-15(10-16(13)23)24-19(28)11-18-22(29)25-21-20(14-6-4-3-5-7-14)17(12-30-2)26-27(18)21/h3-10,18H,11-12H2,1-2H3,(H,24,28)(H,25,29). The molecule has 1 atom stereocenters. The number of aromatic nitrogens is 2. The molecule has 2 N–H and O–H groups in total. The minimum Gasteiger partial charge on any atom is -0.378 e. The lowest BCUT2D eigenvalue weighted by atomic mass is 10.1. The first-order valence-electron chi connectivity index (χ1n) is 9.50. The van der Waals surface area contributed by atoms with E-state index in [0.717, 1.165) is 16.7 Å². The third-order valence-electron chi connectivity index (χ3n) is 5.00. The summed E-state index contributed by atoms with van der Waals surface area (Å²) in [6.45, 7) is 2.18. The zero-order valence-electron chi connectivity index (χ0n) is 16.6. The largest absolute Gasteiger partial charge is 0.378 e. The maximum atomic E-state index is 12.6. The zero-order valence-corrected chi connectivity index (χ0v) is 17.4. The van der Waals surface area contributed by atoms with Crippen LogP contribution in [0.25, 0.3) is 11.1 Å². The topological polar surface area (TPSA) is 85.2 Å². The first-order chi connectivity index (χ1) is 14.5. The summed E-state index contributed by atoms with van der Waals surface area (Å²) < 4.78 is 6.87. The van der Waals surface area contributed by atoms with Gasteiger partial charge in [0.2, 0.25) is 5.91 Å². The lowest BCUT2D eigenvalue weighted by molar-refractivity contribution is -0.123. The molecule has 8 heteroatoms. The molecule has 3 aromatic rings. The van der Waals surface area contributed by atoms with Crippen molar-refractivity contribution in [2.45, 2.75) is 26.0 Å². The molecule has 0 saturated carbocycles. The summed E-state index contributed by atoms with van der Waals surface area (Å²) in [5.74, 6) is 0.0122. The normalized spacial score (nSPS) is 15.0. The van der Waals surface area contributed by atoms with E-state index >= 15 is 0 Å². The second kappa shape index (κ2) is 8.30. The van der Waals surface area contributed by atoms with E-state index in [1.54, 1.807) is 23.9 Å². The molecule has 1 aliphatic heterocycles. The van der Waals surface area contributed by atoms with Crippen LogP contribution in [0, 0.1) is 6.92 Å². The molecular weight excluding hydrogens is 404 g/mol. The van der Waals surface area contributed by atoms with Crippen molar-refractivity contribution < 1.29 is 14.3 Å². The lowest BCUT2D eigenvalue weighted by Crippen LogP contribution is -2.24. The Balaban J connectivity index is 1.60. The quantitative estimate of drug-likeness (QED) is 0.621. The number of fused-ring (bicyclic) bond motifs is 1. The van der Waals surface area contributed by atoms with E-state index < -0.39 is 6.04 Å². The molecule has 0 saturated heterocycles. The Hall–Kier alpha value is -3.16. The van der Waals surface area contributed by atoms with E-state index in [1.165, 1.54) is 0 Å². The second-order valence-corrected chi connectivity index (χ2v) is 7.54. The van der Waals surface area contributed by atoms with Crippen LogP contribution in [-0.4, -0.2) is 28.7 Å². The van der Waals surface area contributed by atoms with Gasteiger partial charge in [-0.25, -0.2) is 4.68 Å². The Bertz CT molecular complexity index is 1110. The predicted molar refractivity (Wildman–Crippen MR) is 115 cm³/mol. The van der Waals surface area contributed by atoms with E-state index in [4.69, 9.17) is 16.3 Å². The number of aryl methyl sites for hydroxylation is 1. The van der Waals surface area contributed by atoms with Gasteiger partial charge in [0.15, 0.2) is 0 Å². The highest BCUT2D eigenvalue weighted by atomic mass is 35.5. The number of methoxy groups -OCH3 is 1. The van der Waals surface area contributed by atoms with Crippen LogP contribution < -0.4 is 10.6 Å². The maximum Gasteiger partial charge on any atom is 0.251 e. The van der Waals surface area contributed by atoms with Crippen molar-refractivity contribution in [1.29, 1.82) is 0 Å². The first kappa shape index (κ1) is 20.1. The smallest absolute Gasteiger partial charge is 0.251 e. The third kappa shape index (κ3) is 3.81. The van der Waals surface area contributed by atoms with Crippen LogP contribution in [0.15, 0.2) is 48.5 Å². The number of anilines is 2. The molecule has 0 aliphatic carbocycles. The Morgan fingerprint density at radius 1 is 1.27 bits per heavy atom. The molecular formula is C22H21ClN4O3. The molecule has 1 aliphatic rings. The fourth-order valence-corrected chi connectivity index (χ4v) is 3.70. The molecule has 0 fully saturated rings. The number of nitrogens with zero attached hydrogens (tertiary/aromatic N) is 2. The SMILES string of the molecule is COCc1nn2c(c1-c1ccccc1)NC(=O)C2CC(=O)Nc1ccc(C)c(Cl)c1. The Morgan fingerprint density at radius 2 is 2.03 bits per heavy atom. The van der Waals surface area contributed by atoms with Gasteiger partial charge in [-0.3, -0.25) is 9.59 Å². The molecule has 1 unspecified atom stereocenters. The number of carbonyl (C=O) groups is 2. The van der Waals surface area contributed by atoms with Gasteiger partial charge in [-0.05, 0) is 30.2 Å². The van der Waals surface area contributed by atoms with Crippen LogP contribution in [0.2, 0.25) is 5.02 Å². The average molecular weight is 425 g/mol. The van der Waals surface area contributed by atoms with Crippen molar-refractivity contribution in [3.8, 4) is 11.1 Å². The van der Waals surface area contributed by atoms with Crippen LogP contribution >= 0.6 is 11.6 Å². The van der Waals surface area contributed by atoms with Crippen LogP contribution in [0.4, 0.5) is 11.5 Å². The Kier molecular flexibility index (Phi) is 5.57. The summed E-state index contributed by atoms with van der Waals surface area (Å²) in [5.41, 5.74) is 3.93. The van der Waals surface area contributed by atoms with Gasteiger partial charge in [-0.2, -0.15) is 5.10 Å². The number of nitrogens with one attached hydrogen (secondary N) is 2. The highest BCUT2D eigenvalue weighted by molar-refractivity contribution is 6.31. The van der Waals surface area contributed by atoms with Crippen molar-refractivity contribution in [2.75, 3.05) is 17.7 Å². The summed E-state index contributed by atoms with van der Waals surface area (Å²) in [4.78, 5) is 25.2. The molecule has 154 valence electrons. The fourth-order valence-electron chi connectivity index (χ4n) is 3.52. The molecule has 30 heavy (non-hydrogen) atoms. The summed E-state index contributed by atoms with van der Waals surface area (Å²) >= 11 is 6.12. The van der Waals surface area contributed by atoms with Crippen molar-refractivity contribution in [3.63, 3.8) is 0 Å². The Labute approximate surface area is 179 Å². The molecule has 0 spiro atoms. The van der Waals surface area contributed by atoms with E-state index in [-0.39, 0.29) is 18.2 Å². The number of ether oxygens (including phenoxy) is 1. The third-order valence-corrected chi connectivity index (χ3v) is 5.41. The monoisotopic (exact) mass is 424 g/mol. The molecule has 4 rings (SSSR count). The molecule has 0 bridgehead atoms. The minimum atomic E-state index is -0.742. The van der Waals surface area contributed by atoms with Gasteiger partial charge in [0.05, 0.1) is 18.7 Å². The van der Waals surface area contributed by atoms with Crippen LogP contribution in [0.3, 0.4) is 0 Å². The van der Waals surface area contributed by atoms with E-state index in [1.807, 2.05) is 43.3 Å². The fraction of sp³-hybridized carbons (Fsp3) is 0.227. The van der Waals surface area contributed by atoms with Crippen molar-refractivity contribution in [2.24, 2.45) is 0 Å². The van der Waals surface area contributed by atoms with Gasteiger partial charge < -0.3 is 15.4 Å². The average Bonchev–Trinajstić information content (AvgIpc) is 3.21. The molecule has 1 aromatic heterocycles. The van der Waals surface area contributed by atoms with Crippen LogP contribution in [-0.2, 0) is 20.9 Å². The molecule has 0 radical (unpaired) electrons. The zero-order chi connectivity index (χ0) is 21.3. The summed E-state index contributed by atoms with van der Waals surface area (Å²) in [5, 5.41) is 10.8. The van der Waals surface area contributed by atoms with Gasteiger partial charge in [0, 0.05) is 23.4 Å². The number of rotatable bonds is 6. The van der Waals surface area contributed by atoms with Crippen LogP contribution in [0.5, 0.6) is 0 Å². The molecule has 2 aromatic carbocycles. The maximum absolute atomic E-state index is 12.6. The molecule has 2 amide bonds. The number of amides is 2. The number of benzene rings is 2. The highest BCUT2D eigenvalue weighted by Gasteiger charge is 2.37. The van der Waals surface area contributed by atoms with Crippen molar-refractivity contribution >= 4 is 34.9 Å². The van der Waals surface area contributed by atoms with E-state index in [9.17, 15) is 9.59 Å². The minimum absolute atomic E-state index is 0.0489. The van der Waals surface area contributed by atoms with Gasteiger partial charge >= 0.3 is 0 Å². The van der Waals surface area contributed by atoms with Crippen molar-refractivity contribution in [3.05, 3.63) is 64.8 Å². The number of hydrogen-bond acceptors (Lipinski definition) is 4. The summed E-state index contributed by atoms with van der Waals surface area (Å²) in [6.07, 6.45) is -0.0489. The summed E-state index contributed by atoms with van der Waals surface area (Å²) in [6, 6.07) is 14.2. The second-order valence-electron chi connectivity index (χ2n) is 7.14. The van der Waals surface area contributed by atoms with Gasteiger partial charge in [0.1, 0.15) is 11.9 Å². The summed E-state index contributed by atoms with van der Waals surface area (Å²) in [7, 11) is 1.59. The Morgan fingerprint density at radius 3 is 2.73 bits per heavy atom. The van der Waals surface area contributed by atoms with Gasteiger partial charge in [0.25, 0.3) is 5.91 Å². The van der Waals surface area contributed by atoms with E-state index in [0.29, 0.717) is 28.8 Å². The lowest BCUT2D eigenvalue weighted by Gasteiger charge is -2.11. The van der Waals surface area contributed by atoms with Gasteiger partial charge in [-0.1, -0.05) is 48.0 Å². The predicted octanol–water partition coefficient (Wildman–Crippen LogP) is 4.18. The molecule has 2 heterocycles. The van der Waals surface area contributed by atoms with Crippen LogP contribution in [0.1, 0.15) is 23.7 Å². The van der Waals surface area contributed by atoms with Crippen molar-refractivity contribution in [1.82, 2.24) is 9.78 Å². The first-order valence-corrected chi connectivity index (χ1v) is 9.88. The number of hydrogen-bond donors (Lipinski definition) is 2. The van der Waals surface area contributed by atoms with Gasteiger partial charge in [-0.15, -0.1) is 0 Å². The highest BCUT2D eigenvalue weighted by Crippen LogP contribution is 2.38. The number of halogens is 1. The van der Waals surface area contributed by atoms with E-state index in [2.05, 4.69) is 15.7 Å². The number of carbonyl (C=O) groups excluding carboxylic acids is 2.